The Labute approximate surface area is 155 Å². The smallest absolute Gasteiger partial charge is 0.326 e. The Hall–Kier alpha value is -3.35. The second kappa shape index (κ2) is 7.11. The molecule has 0 aliphatic carbocycles. The van der Waals surface area contributed by atoms with Gasteiger partial charge >= 0.3 is 5.69 Å². The average molecular weight is 364 g/mol. The van der Waals surface area contributed by atoms with Gasteiger partial charge in [-0.05, 0) is 42.3 Å². The van der Waals surface area contributed by atoms with Gasteiger partial charge in [-0.15, -0.1) is 0 Å². The van der Waals surface area contributed by atoms with Crippen LogP contribution in [0.2, 0.25) is 0 Å². The zero-order valence-electron chi connectivity index (χ0n) is 15.2. The van der Waals surface area contributed by atoms with E-state index in [2.05, 4.69) is 15.1 Å². The first-order chi connectivity index (χ1) is 13.2. The molecule has 1 N–H and O–H groups in total. The lowest BCUT2D eigenvalue weighted by Gasteiger charge is -2.01. The normalized spacial score (nSPS) is 11.2. The number of methoxy groups -OCH3 is 1. The Bertz CT molecular complexity index is 1120. The molecule has 0 unspecified atom stereocenters. The number of aryl methyl sites for hydroxylation is 1. The highest BCUT2D eigenvalue weighted by atomic mass is 16.5. The Morgan fingerprint density at radius 2 is 2.00 bits per heavy atom. The maximum Gasteiger partial charge on any atom is 0.326 e. The molecule has 2 aromatic heterocycles. The van der Waals surface area contributed by atoms with E-state index in [9.17, 15) is 4.79 Å². The Balaban J connectivity index is 1.59. The third-order valence-electron chi connectivity index (χ3n) is 4.46. The molecule has 0 spiro atoms. The zero-order valence-corrected chi connectivity index (χ0v) is 15.2. The lowest BCUT2D eigenvalue weighted by molar-refractivity contribution is 0.385. The van der Waals surface area contributed by atoms with Gasteiger partial charge in [-0.2, -0.15) is 4.98 Å². The fourth-order valence-corrected chi connectivity index (χ4v) is 3.11. The van der Waals surface area contributed by atoms with Crippen LogP contribution in [0.3, 0.4) is 0 Å². The van der Waals surface area contributed by atoms with Gasteiger partial charge in [0.05, 0.1) is 24.6 Å². The maximum absolute atomic E-state index is 12.1. The number of hydrogen-bond donors (Lipinski definition) is 1. The van der Waals surface area contributed by atoms with E-state index in [-0.39, 0.29) is 5.69 Å². The molecule has 0 fully saturated rings. The van der Waals surface area contributed by atoms with Crippen LogP contribution >= 0.6 is 0 Å². The van der Waals surface area contributed by atoms with Crippen molar-refractivity contribution in [2.45, 2.75) is 26.3 Å². The van der Waals surface area contributed by atoms with Crippen molar-refractivity contribution in [2.75, 3.05) is 7.11 Å². The molecule has 0 aliphatic rings. The minimum Gasteiger partial charge on any atom is -0.497 e. The van der Waals surface area contributed by atoms with Gasteiger partial charge < -0.3 is 14.2 Å². The minimum atomic E-state index is -0.0997. The van der Waals surface area contributed by atoms with E-state index in [4.69, 9.17) is 9.26 Å². The third kappa shape index (κ3) is 3.36. The van der Waals surface area contributed by atoms with Gasteiger partial charge in [0, 0.05) is 12.1 Å². The number of nitrogens with one attached hydrogen (secondary N) is 1. The van der Waals surface area contributed by atoms with E-state index in [1.165, 1.54) is 0 Å². The van der Waals surface area contributed by atoms with Crippen molar-refractivity contribution < 1.29 is 9.26 Å². The Kier molecular flexibility index (Phi) is 4.50. The van der Waals surface area contributed by atoms with Crippen molar-refractivity contribution in [3.63, 3.8) is 0 Å². The summed E-state index contributed by atoms with van der Waals surface area (Å²) in [4.78, 5) is 19.4. The molecule has 0 bridgehead atoms. The predicted molar refractivity (Wildman–Crippen MR) is 102 cm³/mol. The molecule has 2 heterocycles. The quantitative estimate of drug-likeness (QED) is 0.567. The van der Waals surface area contributed by atoms with Crippen molar-refractivity contribution in [3.8, 4) is 17.1 Å². The summed E-state index contributed by atoms with van der Waals surface area (Å²) < 4.78 is 12.3. The van der Waals surface area contributed by atoms with Crippen LogP contribution in [0.4, 0.5) is 0 Å². The van der Waals surface area contributed by atoms with Gasteiger partial charge in [0.2, 0.25) is 11.7 Å². The fourth-order valence-electron chi connectivity index (χ4n) is 3.11. The molecule has 2 aromatic carbocycles. The molecule has 0 aliphatic heterocycles. The van der Waals surface area contributed by atoms with E-state index in [0.29, 0.717) is 24.7 Å². The van der Waals surface area contributed by atoms with Gasteiger partial charge in [-0.3, -0.25) is 4.57 Å². The average Bonchev–Trinajstić information content (AvgIpc) is 3.27. The number of aromatic nitrogens is 4. The molecule has 4 rings (SSSR count). The highest BCUT2D eigenvalue weighted by Gasteiger charge is 2.12. The zero-order chi connectivity index (χ0) is 18.8. The number of aromatic amines is 1. The first kappa shape index (κ1) is 17.1. The van der Waals surface area contributed by atoms with Gasteiger partial charge in [-0.25, -0.2) is 4.79 Å². The number of rotatable bonds is 6. The van der Waals surface area contributed by atoms with Crippen molar-refractivity contribution in [3.05, 3.63) is 64.4 Å². The first-order valence-corrected chi connectivity index (χ1v) is 8.86. The molecule has 0 atom stereocenters. The molecule has 0 saturated heterocycles. The van der Waals surface area contributed by atoms with E-state index in [0.717, 1.165) is 34.3 Å². The van der Waals surface area contributed by atoms with Crippen LogP contribution in [0.25, 0.3) is 22.4 Å². The number of hydrogen-bond acceptors (Lipinski definition) is 5. The Morgan fingerprint density at radius 1 is 1.19 bits per heavy atom. The summed E-state index contributed by atoms with van der Waals surface area (Å²) in [5.41, 5.74) is 3.41. The van der Waals surface area contributed by atoms with E-state index < -0.39 is 0 Å². The van der Waals surface area contributed by atoms with Crippen molar-refractivity contribution >= 4 is 11.0 Å². The summed E-state index contributed by atoms with van der Waals surface area (Å²) in [6.07, 6.45) is 1.44. The first-order valence-electron chi connectivity index (χ1n) is 8.86. The molecule has 4 aromatic rings. The number of fused-ring (bicyclic) bond motifs is 1. The molecule has 0 radical (unpaired) electrons. The van der Waals surface area contributed by atoms with Crippen molar-refractivity contribution in [1.29, 1.82) is 0 Å². The third-order valence-corrected chi connectivity index (χ3v) is 4.46. The molecule has 138 valence electrons. The molecule has 0 amide bonds. The van der Waals surface area contributed by atoms with Crippen LogP contribution in [0.5, 0.6) is 5.75 Å². The summed E-state index contributed by atoms with van der Waals surface area (Å²) in [5.74, 6) is 1.85. The summed E-state index contributed by atoms with van der Waals surface area (Å²) in [5, 5.41) is 4.08. The summed E-state index contributed by atoms with van der Waals surface area (Å²) in [6.45, 7) is 2.73. The SMILES string of the molecule is CCCn1c(=O)[nH]c2cc(-c3noc(Cc4ccc(OC)cc4)n3)ccc21. The lowest BCUT2D eigenvalue weighted by atomic mass is 10.1. The molecular formula is C20H20N4O3. The highest BCUT2D eigenvalue weighted by molar-refractivity contribution is 5.80. The maximum atomic E-state index is 12.1. The molecular weight excluding hydrogens is 344 g/mol. The van der Waals surface area contributed by atoms with Crippen molar-refractivity contribution in [2.24, 2.45) is 0 Å². The van der Waals surface area contributed by atoms with Crippen LogP contribution in [0.1, 0.15) is 24.8 Å². The molecule has 7 nitrogen and oxygen atoms in total. The number of nitrogens with zero attached hydrogens (tertiary/aromatic N) is 3. The largest absolute Gasteiger partial charge is 0.497 e. The second-order valence-electron chi connectivity index (χ2n) is 6.35. The van der Waals surface area contributed by atoms with Crippen molar-refractivity contribution in [1.82, 2.24) is 19.7 Å². The van der Waals surface area contributed by atoms with Crippen LogP contribution in [0.15, 0.2) is 51.8 Å². The van der Waals surface area contributed by atoms with Gasteiger partial charge in [0.15, 0.2) is 0 Å². The van der Waals surface area contributed by atoms with Gasteiger partial charge in [-0.1, -0.05) is 24.2 Å². The number of ether oxygens (including phenoxy) is 1. The van der Waals surface area contributed by atoms with E-state index >= 15 is 0 Å². The van der Waals surface area contributed by atoms with Crippen LogP contribution in [-0.4, -0.2) is 26.8 Å². The van der Waals surface area contributed by atoms with Gasteiger partial charge in [0.25, 0.3) is 0 Å². The summed E-state index contributed by atoms with van der Waals surface area (Å²) in [6, 6.07) is 13.4. The number of H-pyrrole nitrogens is 1. The standard InChI is InChI=1S/C20H20N4O3/c1-3-10-24-17-9-6-14(12-16(17)21-20(24)25)19-22-18(27-23-19)11-13-4-7-15(26-2)8-5-13/h4-9,12H,3,10-11H2,1-2H3,(H,21,25). The summed E-state index contributed by atoms with van der Waals surface area (Å²) >= 11 is 0. The van der Waals surface area contributed by atoms with E-state index in [1.54, 1.807) is 11.7 Å². The molecule has 7 heteroatoms. The predicted octanol–water partition coefficient (Wildman–Crippen LogP) is 3.39. The van der Waals surface area contributed by atoms with Crippen LogP contribution in [0, 0.1) is 0 Å². The van der Waals surface area contributed by atoms with Crippen LogP contribution in [-0.2, 0) is 13.0 Å². The van der Waals surface area contributed by atoms with Crippen LogP contribution < -0.4 is 10.4 Å². The molecule has 0 saturated carbocycles. The van der Waals surface area contributed by atoms with E-state index in [1.807, 2.05) is 49.4 Å². The summed E-state index contributed by atoms with van der Waals surface area (Å²) in [7, 11) is 1.64. The molecule has 27 heavy (non-hydrogen) atoms. The van der Waals surface area contributed by atoms with Gasteiger partial charge in [0.1, 0.15) is 5.75 Å². The second-order valence-corrected chi connectivity index (χ2v) is 6.35. The topological polar surface area (TPSA) is 85.9 Å². The monoisotopic (exact) mass is 364 g/mol. The number of benzene rings is 2. The minimum absolute atomic E-state index is 0.0997. The highest BCUT2D eigenvalue weighted by Crippen LogP contribution is 2.22. The Morgan fingerprint density at radius 3 is 2.74 bits per heavy atom. The number of imidazole rings is 1. The fraction of sp³-hybridized carbons (Fsp3) is 0.250. The lowest BCUT2D eigenvalue weighted by Crippen LogP contribution is -2.16.